The number of hydrogen-bond donors (Lipinski definition) is 1. The van der Waals surface area contributed by atoms with Crippen molar-refractivity contribution >= 4 is 17.2 Å². The molecular weight excluding hydrogens is 348 g/mol. The smallest absolute Gasteiger partial charge is 0.203 e. The molecule has 0 radical (unpaired) electrons. The van der Waals surface area contributed by atoms with Gasteiger partial charge in [0.15, 0.2) is 5.60 Å². The number of anilines is 2. The van der Waals surface area contributed by atoms with Gasteiger partial charge in [-0.2, -0.15) is 0 Å². The minimum Gasteiger partial charge on any atom is -0.378 e. The van der Waals surface area contributed by atoms with Crippen LogP contribution in [0.15, 0.2) is 78.9 Å². The number of Topliss-reactive ketones (excluding diaryl/α,β-unsaturated/α-hetero) is 1. The molecule has 1 N–H and O–H groups in total. The lowest BCUT2D eigenvalue weighted by Crippen LogP contribution is -2.37. The van der Waals surface area contributed by atoms with Crippen LogP contribution >= 0.6 is 0 Å². The zero-order valence-electron chi connectivity index (χ0n) is 16.8. The summed E-state index contributed by atoms with van der Waals surface area (Å²) in [5.41, 5.74) is 1.80. The molecule has 0 atom stereocenters. The van der Waals surface area contributed by atoms with E-state index in [9.17, 15) is 9.90 Å². The van der Waals surface area contributed by atoms with E-state index in [1.807, 2.05) is 92.6 Å². The van der Waals surface area contributed by atoms with Crippen LogP contribution in [0.3, 0.4) is 0 Å². The fraction of sp³-hybridized carbons (Fsp3) is 0.208. The molecule has 0 saturated heterocycles. The number of nitrogens with zero attached hydrogens (tertiary/aromatic N) is 2. The summed E-state index contributed by atoms with van der Waals surface area (Å²) in [4.78, 5) is 17.4. The van der Waals surface area contributed by atoms with Gasteiger partial charge in [-0.15, -0.1) is 0 Å². The Morgan fingerprint density at radius 3 is 1.43 bits per heavy atom. The van der Waals surface area contributed by atoms with Crippen LogP contribution in [-0.4, -0.2) is 39.1 Å². The van der Waals surface area contributed by atoms with Gasteiger partial charge >= 0.3 is 0 Å². The first kappa shape index (κ1) is 19.6. The number of ketones is 1. The Morgan fingerprint density at radius 2 is 1.07 bits per heavy atom. The topological polar surface area (TPSA) is 43.8 Å². The maximum Gasteiger partial charge on any atom is 0.203 e. The van der Waals surface area contributed by atoms with Crippen LogP contribution in [0.25, 0.3) is 0 Å². The van der Waals surface area contributed by atoms with Crippen molar-refractivity contribution in [3.05, 3.63) is 95.6 Å². The van der Waals surface area contributed by atoms with Crippen LogP contribution in [0.5, 0.6) is 0 Å². The van der Waals surface area contributed by atoms with Gasteiger partial charge in [0, 0.05) is 45.1 Å². The standard InChI is InChI=1S/C24H26N2O2/c1-25(2)21-14-10-19(11-15-21)24(28,23(27)18-8-6-5-7-9-18)20-12-16-22(17-13-20)26(3)4/h5-17,28H,1-4H3. The Balaban J connectivity index is 2.14. The van der Waals surface area contributed by atoms with Crippen molar-refractivity contribution in [2.45, 2.75) is 5.60 Å². The Labute approximate surface area is 166 Å². The second-order valence-corrected chi connectivity index (χ2v) is 7.29. The van der Waals surface area contributed by atoms with Gasteiger partial charge in [0.1, 0.15) is 0 Å². The summed E-state index contributed by atoms with van der Waals surface area (Å²) in [6, 6.07) is 23.8. The highest BCUT2D eigenvalue weighted by Crippen LogP contribution is 2.35. The summed E-state index contributed by atoms with van der Waals surface area (Å²) >= 11 is 0. The lowest BCUT2D eigenvalue weighted by atomic mass is 9.80. The highest BCUT2D eigenvalue weighted by atomic mass is 16.3. The van der Waals surface area contributed by atoms with Crippen molar-refractivity contribution < 1.29 is 9.90 Å². The Morgan fingerprint density at radius 1 is 0.679 bits per heavy atom. The van der Waals surface area contributed by atoms with Crippen molar-refractivity contribution in [1.29, 1.82) is 0 Å². The van der Waals surface area contributed by atoms with Gasteiger partial charge in [-0.3, -0.25) is 4.79 Å². The Kier molecular flexibility index (Phi) is 5.52. The average molecular weight is 374 g/mol. The highest BCUT2D eigenvalue weighted by molar-refractivity contribution is 6.05. The third-order valence-electron chi connectivity index (χ3n) is 4.97. The number of hydrogen-bond acceptors (Lipinski definition) is 4. The molecule has 28 heavy (non-hydrogen) atoms. The quantitative estimate of drug-likeness (QED) is 0.664. The molecule has 3 aromatic carbocycles. The summed E-state index contributed by atoms with van der Waals surface area (Å²) in [5, 5.41) is 11.8. The van der Waals surface area contributed by atoms with E-state index in [1.165, 1.54) is 0 Å². The number of aliphatic hydroxyl groups is 1. The lowest BCUT2D eigenvalue weighted by molar-refractivity contribution is 0.0488. The zero-order valence-corrected chi connectivity index (χ0v) is 16.8. The normalized spacial score (nSPS) is 11.2. The molecule has 3 aromatic rings. The third-order valence-corrected chi connectivity index (χ3v) is 4.97. The Bertz CT molecular complexity index is 879. The van der Waals surface area contributed by atoms with Gasteiger partial charge in [0.05, 0.1) is 0 Å². The van der Waals surface area contributed by atoms with Crippen LogP contribution < -0.4 is 9.80 Å². The van der Waals surface area contributed by atoms with Gasteiger partial charge in [-0.05, 0) is 35.4 Å². The fourth-order valence-electron chi connectivity index (χ4n) is 3.23. The molecule has 4 heteroatoms. The zero-order chi connectivity index (χ0) is 20.3. The Hall–Kier alpha value is -3.11. The van der Waals surface area contributed by atoms with E-state index in [0.29, 0.717) is 16.7 Å². The van der Waals surface area contributed by atoms with Crippen molar-refractivity contribution in [3.8, 4) is 0 Å². The summed E-state index contributed by atoms with van der Waals surface area (Å²) in [5.74, 6) is -0.344. The second kappa shape index (κ2) is 7.87. The SMILES string of the molecule is CN(C)c1ccc(C(O)(C(=O)c2ccccc2)c2ccc(N(C)C)cc2)cc1. The maximum atomic E-state index is 13.4. The molecule has 3 rings (SSSR count). The fourth-order valence-corrected chi connectivity index (χ4v) is 3.23. The first-order chi connectivity index (χ1) is 13.3. The highest BCUT2D eigenvalue weighted by Gasteiger charge is 2.40. The number of carbonyl (C=O) groups excluding carboxylic acids is 1. The third kappa shape index (κ3) is 3.64. The van der Waals surface area contributed by atoms with Crippen molar-refractivity contribution in [2.24, 2.45) is 0 Å². The molecule has 144 valence electrons. The van der Waals surface area contributed by atoms with Crippen LogP contribution in [0.4, 0.5) is 11.4 Å². The lowest BCUT2D eigenvalue weighted by Gasteiger charge is -2.29. The number of rotatable bonds is 6. The molecule has 0 aliphatic carbocycles. The predicted molar refractivity (Wildman–Crippen MR) is 115 cm³/mol. The molecule has 0 heterocycles. The van der Waals surface area contributed by atoms with E-state index in [0.717, 1.165) is 11.4 Å². The molecule has 0 aliphatic rings. The van der Waals surface area contributed by atoms with Crippen molar-refractivity contribution in [2.75, 3.05) is 38.0 Å². The molecule has 0 spiro atoms. The minimum atomic E-state index is -1.77. The molecule has 0 aromatic heterocycles. The van der Waals surface area contributed by atoms with Crippen LogP contribution in [0, 0.1) is 0 Å². The molecule has 0 unspecified atom stereocenters. The van der Waals surface area contributed by atoms with Gasteiger partial charge in [-0.1, -0.05) is 54.6 Å². The minimum absolute atomic E-state index is 0.344. The average Bonchev–Trinajstić information content (AvgIpc) is 2.73. The predicted octanol–water partition coefficient (Wildman–Crippen LogP) is 3.94. The number of benzene rings is 3. The van der Waals surface area contributed by atoms with E-state index in [2.05, 4.69) is 0 Å². The van der Waals surface area contributed by atoms with E-state index in [-0.39, 0.29) is 5.78 Å². The van der Waals surface area contributed by atoms with Crippen molar-refractivity contribution in [3.63, 3.8) is 0 Å². The molecule has 0 amide bonds. The largest absolute Gasteiger partial charge is 0.378 e. The second-order valence-electron chi connectivity index (χ2n) is 7.29. The molecule has 0 saturated carbocycles. The van der Waals surface area contributed by atoms with Crippen LogP contribution in [0.1, 0.15) is 21.5 Å². The summed E-state index contributed by atoms with van der Waals surface area (Å²) in [7, 11) is 7.82. The monoisotopic (exact) mass is 374 g/mol. The number of carbonyl (C=O) groups is 1. The van der Waals surface area contributed by atoms with E-state index in [4.69, 9.17) is 0 Å². The summed E-state index contributed by atoms with van der Waals surface area (Å²) in [6.45, 7) is 0. The first-order valence-electron chi connectivity index (χ1n) is 9.22. The molecule has 4 nitrogen and oxygen atoms in total. The van der Waals surface area contributed by atoms with Gasteiger partial charge in [0.25, 0.3) is 0 Å². The van der Waals surface area contributed by atoms with E-state index >= 15 is 0 Å². The van der Waals surface area contributed by atoms with Crippen LogP contribution in [0.2, 0.25) is 0 Å². The maximum absolute atomic E-state index is 13.4. The first-order valence-corrected chi connectivity index (χ1v) is 9.22. The van der Waals surface area contributed by atoms with E-state index in [1.54, 1.807) is 24.3 Å². The summed E-state index contributed by atoms with van der Waals surface area (Å²) in [6.07, 6.45) is 0. The van der Waals surface area contributed by atoms with Gasteiger partial charge < -0.3 is 14.9 Å². The van der Waals surface area contributed by atoms with E-state index < -0.39 is 5.60 Å². The molecule has 0 bridgehead atoms. The molecule has 0 fully saturated rings. The van der Waals surface area contributed by atoms with Gasteiger partial charge in [0.2, 0.25) is 5.78 Å². The van der Waals surface area contributed by atoms with Crippen LogP contribution in [-0.2, 0) is 5.60 Å². The van der Waals surface area contributed by atoms with Crippen molar-refractivity contribution in [1.82, 2.24) is 0 Å². The molecular formula is C24H26N2O2. The van der Waals surface area contributed by atoms with Gasteiger partial charge in [-0.25, -0.2) is 0 Å². The summed E-state index contributed by atoms with van der Waals surface area (Å²) < 4.78 is 0. The molecule has 0 aliphatic heterocycles.